The zero-order chi connectivity index (χ0) is 13.2. The van der Waals surface area contributed by atoms with Gasteiger partial charge in [0.05, 0.1) is 6.07 Å². The van der Waals surface area contributed by atoms with Gasteiger partial charge in [0, 0.05) is 24.0 Å². The smallest absolute Gasteiger partial charge is 0.270 e. The van der Waals surface area contributed by atoms with Crippen molar-refractivity contribution in [1.29, 1.82) is 5.26 Å². The van der Waals surface area contributed by atoms with Crippen LogP contribution in [0.4, 0.5) is 0 Å². The second-order valence-electron chi connectivity index (χ2n) is 4.83. The van der Waals surface area contributed by atoms with Crippen molar-refractivity contribution in [3.05, 3.63) is 36.0 Å². The van der Waals surface area contributed by atoms with Gasteiger partial charge in [0.25, 0.3) is 5.91 Å². The maximum atomic E-state index is 12.5. The number of carbonyl (C=O) groups is 1. The summed E-state index contributed by atoms with van der Waals surface area (Å²) in [5, 5.41) is 9.99. The van der Waals surface area contributed by atoms with E-state index in [0.29, 0.717) is 5.69 Å². The number of aromatic nitrogens is 1. The number of amides is 1. The lowest BCUT2D eigenvalue weighted by molar-refractivity contribution is 0.0783. The zero-order valence-corrected chi connectivity index (χ0v) is 10.7. The molecule has 1 saturated heterocycles. The fourth-order valence-electron chi connectivity index (χ4n) is 2.71. The Morgan fingerprint density at radius 3 is 2.74 bits per heavy atom. The zero-order valence-electron chi connectivity index (χ0n) is 10.7. The molecule has 1 amide bonds. The fourth-order valence-corrected chi connectivity index (χ4v) is 2.71. The Morgan fingerprint density at radius 1 is 1.26 bits per heavy atom. The third-order valence-electron chi connectivity index (χ3n) is 3.65. The summed E-state index contributed by atoms with van der Waals surface area (Å²) in [6, 6.07) is 11.8. The minimum atomic E-state index is 0.0453. The fraction of sp³-hybridized carbons (Fsp3) is 0.333. The van der Waals surface area contributed by atoms with Gasteiger partial charge in [-0.25, -0.2) is 0 Å². The number of hydrogen-bond acceptors (Lipinski definition) is 2. The summed E-state index contributed by atoms with van der Waals surface area (Å²) in [5.74, 6) is 0.0453. The molecular weight excluding hydrogens is 238 g/mol. The monoisotopic (exact) mass is 253 g/mol. The second-order valence-corrected chi connectivity index (χ2v) is 4.83. The normalized spacial score (nSPS) is 14.8. The molecule has 1 aliphatic heterocycles. The van der Waals surface area contributed by atoms with E-state index in [1.807, 2.05) is 39.8 Å². The molecule has 0 bridgehead atoms. The number of fused-ring (bicyclic) bond motifs is 1. The highest BCUT2D eigenvalue weighted by Gasteiger charge is 2.23. The Labute approximate surface area is 111 Å². The van der Waals surface area contributed by atoms with Crippen molar-refractivity contribution in [1.82, 2.24) is 9.47 Å². The van der Waals surface area contributed by atoms with Crippen molar-refractivity contribution in [2.75, 3.05) is 13.1 Å². The van der Waals surface area contributed by atoms with Crippen LogP contribution < -0.4 is 0 Å². The van der Waals surface area contributed by atoms with Crippen LogP contribution >= 0.6 is 0 Å². The van der Waals surface area contributed by atoms with Gasteiger partial charge in [-0.3, -0.25) is 4.79 Å². The maximum absolute atomic E-state index is 12.5. The van der Waals surface area contributed by atoms with E-state index < -0.39 is 0 Å². The summed E-state index contributed by atoms with van der Waals surface area (Å²) in [4.78, 5) is 14.4. The topological polar surface area (TPSA) is 49.0 Å². The van der Waals surface area contributed by atoms with E-state index in [1.54, 1.807) is 0 Å². The molecule has 1 fully saturated rings. The van der Waals surface area contributed by atoms with Crippen molar-refractivity contribution in [2.45, 2.75) is 19.4 Å². The van der Waals surface area contributed by atoms with Crippen LogP contribution in [-0.4, -0.2) is 28.5 Å². The van der Waals surface area contributed by atoms with Crippen molar-refractivity contribution in [3.63, 3.8) is 0 Å². The molecule has 0 unspecified atom stereocenters. The van der Waals surface area contributed by atoms with Gasteiger partial charge in [0.1, 0.15) is 12.2 Å². The van der Waals surface area contributed by atoms with Crippen LogP contribution in [0.1, 0.15) is 23.3 Å². The number of carbonyl (C=O) groups excluding carboxylic acids is 1. The third kappa shape index (κ3) is 1.97. The summed E-state index contributed by atoms with van der Waals surface area (Å²) in [5.41, 5.74) is 1.58. The number of hydrogen-bond donors (Lipinski definition) is 0. The summed E-state index contributed by atoms with van der Waals surface area (Å²) in [6.45, 7) is 1.86. The molecule has 4 heteroatoms. The van der Waals surface area contributed by atoms with Gasteiger partial charge in [-0.15, -0.1) is 0 Å². The molecule has 0 spiro atoms. The predicted octanol–water partition coefficient (Wildman–Crippen LogP) is 2.40. The Kier molecular flexibility index (Phi) is 2.96. The number of benzene rings is 1. The van der Waals surface area contributed by atoms with Gasteiger partial charge in [-0.05, 0) is 25.0 Å². The highest BCUT2D eigenvalue weighted by molar-refractivity contribution is 5.99. The molecule has 0 N–H and O–H groups in total. The second kappa shape index (κ2) is 4.77. The maximum Gasteiger partial charge on any atom is 0.270 e. The Balaban J connectivity index is 2.09. The van der Waals surface area contributed by atoms with Crippen molar-refractivity contribution < 1.29 is 4.79 Å². The Morgan fingerprint density at radius 2 is 2.00 bits per heavy atom. The van der Waals surface area contributed by atoms with Crippen LogP contribution in [0, 0.1) is 11.3 Å². The van der Waals surface area contributed by atoms with E-state index in [4.69, 9.17) is 5.26 Å². The lowest BCUT2D eigenvalue weighted by Crippen LogP contribution is -2.29. The minimum absolute atomic E-state index is 0.0453. The molecule has 2 heterocycles. The molecule has 2 aromatic rings. The molecule has 0 atom stereocenters. The predicted molar refractivity (Wildman–Crippen MR) is 72.7 cm³/mol. The number of nitrogens with zero attached hydrogens (tertiary/aromatic N) is 3. The van der Waals surface area contributed by atoms with Crippen LogP contribution in [0.5, 0.6) is 0 Å². The van der Waals surface area contributed by atoms with Crippen molar-refractivity contribution >= 4 is 16.8 Å². The summed E-state index contributed by atoms with van der Waals surface area (Å²) in [6.07, 6.45) is 2.15. The van der Waals surface area contributed by atoms with Crippen LogP contribution in [0.25, 0.3) is 10.9 Å². The van der Waals surface area contributed by atoms with Crippen LogP contribution in [0.2, 0.25) is 0 Å². The molecule has 0 radical (unpaired) electrons. The lowest BCUT2D eigenvalue weighted by Gasteiger charge is -2.16. The molecule has 0 saturated carbocycles. The summed E-state index contributed by atoms with van der Waals surface area (Å²) in [7, 11) is 0. The van der Waals surface area contributed by atoms with E-state index >= 15 is 0 Å². The van der Waals surface area contributed by atoms with E-state index in [2.05, 4.69) is 6.07 Å². The first-order chi connectivity index (χ1) is 9.31. The average molecular weight is 253 g/mol. The Hall–Kier alpha value is -2.28. The van der Waals surface area contributed by atoms with Crippen molar-refractivity contribution in [2.24, 2.45) is 0 Å². The molecule has 1 aromatic heterocycles. The van der Waals surface area contributed by atoms with E-state index in [0.717, 1.165) is 36.8 Å². The van der Waals surface area contributed by atoms with Gasteiger partial charge < -0.3 is 9.47 Å². The van der Waals surface area contributed by atoms with E-state index in [9.17, 15) is 4.79 Å². The molecular formula is C15H15N3O. The third-order valence-corrected chi connectivity index (χ3v) is 3.65. The molecule has 0 aliphatic carbocycles. The lowest BCUT2D eigenvalue weighted by atomic mass is 10.2. The number of likely N-dealkylation sites (tertiary alicyclic amines) is 1. The minimum Gasteiger partial charge on any atom is -0.337 e. The molecule has 4 nitrogen and oxygen atoms in total. The summed E-state index contributed by atoms with van der Waals surface area (Å²) < 4.78 is 1.82. The van der Waals surface area contributed by atoms with Crippen molar-refractivity contribution in [3.8, 4) is 6.07 Å². The first-order valence-corrected chi connectivity index (χ1v) is 6.56. The van der Waals surface area contributed by atoms with Crippen LogP contribution in [0.3, 0.4) is 0 Å². The SMILES string of the molecule is N#CCn1c(C(=O)N2CCCC2)cc2ccccc21. The molecule has 96 valence electrons. The molecule has 3 rings (SSSR count). The molecule has 19 heavy (non-hydrogen) atoms. The van der Waals surface area contributed by atoms with Gasteiger partial charge >= 0.3 is 0 Å². The summed E-state index contributed by atoms with van der Waals surface area (Å²) >= 11 is 0. The van der Waals surface area contributed by atoms with Crippen LogP contribution in [-0.2, 0) is 6.54 Å². The van der Waals surface area contributed by atoms with E-state index in [1.165, 1.54) is 0 Å². The number of para-hydroxylation sites is 1. The van der Waals surface area contributed by atoms with E-state index in [-0.39, 0.29) is 12.5 Å². The standard InChI is InChI=1S/C15H15N3O/c16-7-10-18-13-6-2-1-5-12(13)11-14(18)15(19)17-8-3-4-9-17/h1-2,5-6,11H,3-4,8-10H2. The van der Waals surface area contributed by atoms with Gasteiger partial charge in [0.2, 0.25) is 0 Å². The molecule has 1 aliphatic rings. The first-order valence-electron chi connectivity index (χ1n) is 6.56. The van der Waals surface area contributed by atoms with Crippen LogP contribution in [0.15, 0.2) is 30.3 Å². The molecule has 1 aromatic carbocycles. The highest BCUT2D eigenvalue weighted by Crippen LogP contribution is 2.22. The largest absolute Gasteiger partial charge is 0.337 e. The Bertz CT molecular complexity index is 660. The quantitative estimate of drug-likeness (QED) is 0.825. The number of rotatable bonds is 2. The first kappa shape index (κ1) is 11.8. The van der Waals surface area contributed by atoms with Gasteiger partial charge in [0.15, 0.2) is 0 Å². The average Bonchev–Trinajstić information content (AvgIpc) is 3.06. The van der Waals surface area contributed by atoms with Gasteiger partial charge in [-0.2, -0.15) is 5.26 Å². The number of nitriles is 1. The van der Waals surface area contributed by atoms with Gasteiger partial charge in [-0.1, -0.05) is 18.2 Å². The highest BCUT2D eigenvalue weighted by atomic mass is 16.2.